The molecule has 1 aliphatic carbocycles. The van der Waals surface area contributed by atoms with Gasteiger partial charge in [0.05, 0.1) is 11.9 Å². The van der Waals surface area contributed by atoms with Crippen molar-refractivity contribution < 1.29 is 4.74 Å². The molecule has 1 saturated carbocycles. The maximum Gasteiger partial charge on any atom is 0.160 e. The van der Waals surface area contributed by atoms with Gasteiger partial charge in [0.2, 0.25) is 0 Å². The Morgan fingerprint density at radius 1 is 1.47 bits per heavy atom. The van der Waals surface area contributed by atoms with Gasteiger partial charge in [0.1, 0.15) is 12.4 Å². The lowest BCUT2D eigenvalue weighted by molar-refractivity contribution is 0.229. The van der Waals surface area contributed by atoms with Gasteiger partial charge in [0.15, 0.2) is 5.75 Å². The molecule has 0 radical (unpaired) electrons. The van der Waals surface area contributed by atoms with Crippen LogP contribution in [0, 0.1) is 0 Å². The van der Waals surface area contributed by atoms with E-state index < -0.39 is 0 Å². The van der Waals surface area contributed by atoms with Gasteiger partial charge in [-0.05, 0) is 19.9 Å². The molecule has 5 nitrogen and oxygen atoms in total. The van der Waals surface area contributed by atoms with E-state index in [9.17, 15) is 0 Å². The molecule has 5 heteroatoms. The summed E-state index contributed by atoms with van der Waals surface area (Å²) in [5, 5.41) is 0. The van der Waals surface area contributed by atoms with Crippen molar-refractivity contribution in [1.82, 2.24) is 14.9 Å². The number of nitrogens with zero attached hydrogens (tertiary/aromatic N) is 3. The molecule has 0 saturated heterocycles. The van der Waals surface area contributed by atoms with E-state index in [1.54, 1.807) is 6.20 Å². The van der Waals surface area contributed by atoms with Crippen molar-refractivity contribution >= 4 is 0 Å². The molecular weight excluding hydrogens is 240 g/mol. The second-order valence-corrected chi connectivity index (χ2v) is 5.46. The van der Waals surface area contributed by atoms with Crippen molar-refractivity contribution in [2.24, 2.45) is 5.73 Å². The normalized spacial score (nSPS) is 15.3. The smallest absolute Gasteiger partial charge is 0.160 e. The van der Waals surface area contributed by atoms with Gasteiger partial charge in [0, 0.05) is 25.0 Å². The third kappa shape index (κ3) is 3.88. The molecule has 0 bridgehead atoms. The maximum atomic E-state index is 5.76. The minimum Gasteiger partial charge on any atom is -0.489 e. The van der Waals surface area contributed by atoms with Crippen LogP contribution >= 0.6 is 0 Å². The molecule has 106 valence electrons. The number of rotatable bonds is 7. The summed E-state index contributed by atoms with van der Waals surface area (Å²) in [4.78, 5) is 11.1. The summed E-state index contributed by atoms with van der Waals surface area (Å²) in [5.41, 5.74) is 6.53. The third-order valence-corrected chi connectivity index (χ3v) is 3.43. The highest BCUT2D eigenvalue weighted by Crippen LogP contribution is 2.25. The Balaban J connectivity index is 1.91. The molecule has 19 heavy (non-hydrogen) atoms. The summed E-state index contributed by atoms with van der Waals surface area (Å²) in [6.07, 6.45) is 4.38. The molecule has 0 amide bonds. The van der Waals surface area contributed by atoms with Gasteiger partial charge >= 0.3 is 0 Å². The van der Waals surface area contributed by atoms with E-state index in [0.29, 0.717) is 19.1 Å². The van der Waals surface area contributed by atoms with Gasteiger partial charge in [-0.15, -0.1) is 0 Å². The van der Waals surface area contributed by atoms with E-state index in [1.807, 2.05) is 0 Å². The fourth-order valence-corrected chi connectivity index (χ4v) is 1.96. The standard InChI is InChI=1S/C14H24N4O/c1-10(2)14-16-9-13(12(8-15)17-14)19-7-6-18(3)11-4-5-11/h9-11H,4-8,15H2,1-3H3. The average molecular weight is 264 g/mol. The van der Waals surface area contributed by atoms with E-state index in [2.05, 4.69) is 35.8 Å². The van der Waals surface area contributed by atoms with E-state index >= 15 is 0 Å². The number of aromatic nitrogens is 2. The van der Waals surface area contributed by atoms with Crippen LogP contribution in [-0.2, 0) is 6.54 Å². The molecule has 0 aromatic carbocycles. The van der Waals surface area contributed by atoms with Gasteiger partial charge in [-0.25, -0.2) is 9.97 Å². The molecule has 1 aromatic rings. The van der Waals surface area contributed by atoms with Crippen LogP contribution in [0.1, 0.15) is 44.1 Å². The van der Waals surface area contributed by atoms with Gasteiger partial charge in [-0.3, -0.25) is 0 Å². The van der Waals surface area contributed by atoms with E-state index in [1.165, 1.54) is 12.8 Å². The van der Waals surface area contributed by atoms with Crippen LogP contribution in [-0.4, -0.2) is 41.1 Å². The lowest BCUT2D eigenvalue weighted by Gasteiger charge is -2.17. The monoisotopic (exact) mass is 264 g/mol. The number of nitrogens with two attached hydrogens (primary N) is 1. The van der Waals surface area contributed by atoms with Crippen molar-refractivity contribution in [2.45, 2.75) is 45.2 Å². The second-order valence-electron chi connectivity index (χ2n) is 5.46. The van der Waals surface area contributed by atoms with E-state index in [0.717, 1.165) is 29.9 Å². The van der Waals surface area contributed by atoms with Crippen LogP contribution in [0.2, 0.25) is 0 Å². The zero-order chi connectivity index (χ0) is 13.8. The first-order chi connectivity index (χ1) is 9.11. The van der Waals surface area contributed by atoms with Crippen LogP contribution in [0.25, 0.3) is 0 Å². The maximum absolute atomic E-state index is 5.76. The summed E-state index contributed by atoms with van der Waals surface area (Å²) in [7, 11) is 2.14. The summed E-state index contributed by atoms with van der Waals surface area (Å²) >= 11 is 0. The Labute approximate surface area is 115 Å². The largest absolute Gasteiger partial charge is 0.489 e. The average Bonchev–Trinajstić information content (AvgIpc) is 3.22. The van der Waals surface area contributed by atoms with Crippen LogP contribution < -0.4 is 10.5 Å². The minimum absolute atomic E-state index is 0.306. The molecule has 2 rings (SSSR count). The molecule has 1 aromatic heterocycles. The molecule has 0 atom stereocenters. The van der Waals surface area contributed by atoms with Crippen molar-refractivity contribution in [3.05, 3.63) is 17.7 Å². The molecule has 1 aliphatic rings. The number of ether oxygens (including phenoxy) is 1. The molecule has 0 spiro atoms. The summed E-state index contributed by atoms with van der Waals surface area (Å²) in [6, 6.07) is 0.761. The number of hydrogen-bond acceptors (Lipinski definition) is 5. The quantitative estimate of drug-likeness (QED) is 0.809. The fourth-order valence-electron chi connectivity index (χ4n) is 1.96. The second kappa shape index (κ2) is 6.30. The summed E-state index contributed by atoms with van der Waals surface area (Å²) in [6.45, 7) is 6.11. The predicted molar refractivity (Wildman–Crippen MR) is 75.2 cm³/mol. The first-order valence-corrected chi connectivity index (χ1v) is 7.00. The number of hydrogen-bond donors (Lipinski definition) is 1. The minimum atomic E-state index is 0.306. The summed E-state index contributed by atoms with van der Waals surface area (Å²) < 4.78 is 5.76. The molecule has 1 fully saturated rings. The van der Waals surface area contributed by atoms with E-state index in [-0.39, 0.29) is 0 Å². The van der Waals surface area contributed by atoms with Crippen molar-refractivity contribution in [3.63, 3.8) is 0 Å². The highest BCUT2D eigenvalue weighted by molar-refractivity contribution is 5.25. The van der Waals surface area contributed by atoms with Crippen LogP contribution in [0.5, 0.6) is 5.75 Å². The van der Waals surface area contributed by atoms with E-state index in [4.69, 9.17) is 10.5 Å². The Kier molecular flexibility index (Phi) is 4.71. The van der Waals surface area contributed by atoms with Gasteiger partial charge in [-0.2, -0.15) is 0 Å². The zero-order valence-electron chi connectivity index (χ0n) is 12.1. The number of likely N-dealkylation sites (N-methyl/N-ethyl adjacent to an activating group) is 1. The van der Waals surface area contributed by atoms with Crippen molar-refractivity contribution in [2.75, 3.05) is 20.2 Å². The lowest BCUT2D eigenvalue weighted by Crippen LogP contribution is -2.26. The molecule has 0 aliphatic heterocycles. The fraction of sp³-hybridized carbons (Fsp3) is 0.714. The Hall–Kier alpha value is -1.20. The SMILES string of the molecule is CC(C)c1ncc(OCCN(C)C2CC2)c(CN)n1. The van der Waals surface area contributed by atoms with Crippen LogP contribution in [0.3, 0.4) is 0 Å². The Morgan fingerprint density at radius 2 is 2.21 bits per heavy atom. The zero-order valence-corrected chi connectivity index (χ0v) is 12.1. The Bertz CT molecular complexity index is 418. The van der Waals surface area contributed by atoms with Crippen molar-refractivity contribution in [3.8, 4) is 5.75 Å². The van der Waals surface area contributed by atoms with Crippen molar-refractivity contribution in [1.29, 1.82) is 0 Å². The Morgan fingerprint density at radius 3 is 2.79 bits per heavy atom. The highest BCUT2D eigenvalue weighted by atomic mass is 16.5. The predicted octanol–water partition coefficient (Wildman–Crippen LogP) is 1.53. The van der Waals surface area contributed by atoms with Gasteiger partial charge in [0.25, 0.3) is 0 Å². The highest BCUT2D eigenvalue weighted by Gasteiger charge is 2.25. The third-order valence-electron chi connectivity index (χ3n) is 3.43. The topological polar surface area (TPSA) is 64.3 Å². The molecule has 2 N–H and O–H groups in total. The molecular formula is C14H24N4O. The lowest BCUT2D eigenvalue weighted by atomic mass is 10.2. The molecule has 1 heterocycles. The molecule has 0 unspecified atom stereocenters. The van der Waals surface area contributed by atoms with Crippen LogP contribution in [0.4, 0.5) is 0 Å². The van der Waals surface area contributed by atoms with Crippen LogP contribution in [0.15, 0.2) is 6.20 Å². The first kappa shape index (κ1) is 14.2. The van der Waals surface area contributed by atoms with Gasteiger partial charge in [-0.1, -0.05) is 13.8 Å². The first-order valence-electron chi connectivity index (χ1n) is 7.00. The van der Waals surface area contributed by atoms with Gasteiger partial charge < -0.3 is 15.4 Å². The summed E-state index contributed by atoms with van der Waals surface area (Å²) in [5.74, 6) is 1.85.